The molecule has 82 valence electrons. The van der Waals surface area contributed by atoms with Gasteiger partial charge in [0.1, 0.15) is 0 Å². The summed E-state index contributed by atoms with van der Waals surface area (Å²) >= 11 is 12.0. The molecule has 0 spiro atoms. The van der Waals surface area contributed by atoms with E-state index in [4.69, 9.17) is 23.2 Å². The Morgan fingerprint density at radius 2 is 2.00 bits per heavy atom. The molecule has 2 aromatic rings. The number of hydrogen-bond donors (Lipinski definition) is 0. The van der Waals surface area contributed by atoms with E-state index in [1.54, 1.807) is 12.1 Å². The van der Waals surface area contributed by atoms with Crippen molar-refractivity contribution in [2.45, 2.75) is 6.54 Å². The predicted molar refractivity (Wildman–Crippen MR) is 65.4 cm³/mol. The molecule has 0 aliphatic heterocycles. The lowest BCUT2D eigenvalue weighted by Gasteiger charge is -2.08. The molecule has 0 saturated heterocycles. The highest BCUT2D eigenvalue weighted by Gasteiger charge is 2.06. The Labute approximate surface area is 103 Å². The van der Waals surface area contributed by atoms with Gasteiger partial charge in [0, 0.05) is 12.7 Å². The zero-order chi connectivity index (χ0) is 11.5. The van der Waals surface area contributed by atoms with Crippen LogP contribution in [0.2, 0.25) is 10.0 Å². The van der Waals surface area contributed by atoms with E-state index in [0.717, 1.165) is 11.8 Å². The molecule has 2 nitrogen and oxygen atoms in total. The highest BCUT2D eigenvalue weighted by Crippen LogP contribution is 2.26. The first kappa shape index (κ1) is 11.2. The summed E-state index contributed by atoms with van der Waals surface area (Å²) in [5.41, 5.74) is 1.52. The molecule has 0 unspecified atom stereocenters. The molecule has 0 aliphatic rings. The number of hydrogen-bond acceptors (Lipinski definition) is 1. The number of benzene rings is 1. The number of halogens is 2. The van der Waals surface area contributed by atoms with Crippen LogP contribution in [0.5, 0.6) is 0 Å². The number of rotatable bonds is 3. The third-order valence-corrected chi connectivity index (χ3v) is 3.22. The van der Waals surface area contributed by atoms with Gasteiger partial charge in [-0.15, -0.1) is 0 Å². The van der Waals surface area contributed by atoms with E-state index in [0.29, 0.717) is 22.3 Å². The molecule has 16 heavy (non-hydrogen) atoms. The number of carbonyl (C=O) groups is 1. The van der Waals surface area contributed by atoms with Gasteiger partial charge in [-0.25, -0.2) is 0 Å². The van der Waals surface area contributed by atoms with E-state index in [-0.39, 0.29) is 0 Å². The fourth-order valence-electron chi connectivity index (χ4n) is 1.53. The van der Waals surface area contributed by atoms with Gasteiger partial charge in [-0.05, 0) is 23.8 Å². The van der Waals surface area contributed by atoms with E-state index in [2.05, 4.69) is 0 Å². The van der Waals surface area contributed by atoms with E-state index in [1.807, 2.05) is 29.0 Å². The normalized spacial score (nSPS) is 10.4. The van der Waals surface area contributed by atoms with Crippen LogP contribution in [0.3, 0.4) is 0 Å². The van der Waals surface area contributed by atoms with Crippen molar-refractivity contribution in [3.8, 4) is 0 Å². The third kappa shape index (κ3) is 2.13. The second kappa shape index (κ2) is 4.73. The Morgan fingerprint density at radius 3 is 2.75 bits per heavy atom. The second-order valence-electron chi connectivity index (χ2n) is 3.39. The lowest BCUT2D eigenvalue weighted by molar-refractivity contribution is 0.111. The molecule has 0 N–H and O–H groups in total. The molecular weight excluding hydrogens is 245 g/mol. The minimum absolute atomic E-state index is 0.527. The number of carbonyl (C=O) groups excluding carboxylic acids is 1. The number of aromatic nitrogens is 1. The number of aldehydes is 1. The first-order valence-electron chi connectivity index (χ1n) is 4.75. The maximum absolute atomic E-state index is 10.8. The Hall–Kier alpha value is -1.25. The van der Waals surface area contributed by atoms with Crippen LogP contribution >= 0.6 is 23.2 Å². The van der Waals surface area contributed by atoms with Gasteiger partial charge >= 0.3 is 0 Å². The van der Waals surface area contributed by atoms with Gasteiger partial charge in [-0.3, -0.25) is 4.79 Å². The molecule has 1 aromatic heterocycles. The Balaban J connectivity index is 2.34. The van der Waals surface area contributed by atoms with Gasteiger partial charge < -0.3 is 4.57 Å². The smallest absolute Gasteiger partial charge is 0.166 e. The van der Waals surface area contributed by atoms with Gasteiger partial charge in [0.05, 0.1) is 15.7 Å². The highest BCUT2D eigenvalue weighted by molar-refractivity contribution is 6.42. The summed E-state index contributed by atoms with van der Waals surface area (Å²) in [4.78, 5) is 10.8. The highest BCUT2D eigenvalue weighted by atomic mass is 35.5. The Morgan fingerprint density at radius 1 is 1.19 bits per heavy atom. The quantitative estimate of drug-likeness (QED) is 0.766. The van der Waals surface area contributed by atoms with E-state index >= 15 is 0 Å². The maximum atomic E-state index is 10.8. The summed E-state index contributed by atoms with van der Waals surface area (Å²) in [6, 6.07) is 9.05. The molecule has 0 amide bonds. The average Bonchev–Trinajstić information content (AvgIpc) is 2.72. The van der Waals surface area contributed by atoms with Crippen LogP contribution in [0, 0.1) is 0 Å². The van der Waals surface area contributed by atoms with Crippen molar-refractivity contribution < 1.29 is 4.79 Å². The zero-order valence-electron chi connectivity index (χ0n) is 8.36. The molecule has 0 saturated carbocycles. The van der Waals surface area contributed by atoms with Crippen LogP contribution in [0.1, 0.15) is 16.1 Å². The summed E-state index contributed by atoms with van der Waals surface area (Å²) in [5.74, 6) is 0. The van der Waals surface area contributed by atoms with Crippen molar-refractivity contribution in [1.82, 2.24) is 4.57 Å². The minimum Gasteiger partial charge on any atom is -0.341 e. The van der Waals surface area contributed by atoms with E-state index in [9.17, 15) is 4.79 Å². The fraction of sp³-hybridized carbons (Fsp3) is 0.0833. The molecule has 4 heteroatoms. The van der Waals surface area contributed by atoms with Gasteiger partial charge in [0.2, 0.25) is 0 Å². The molecule has 1 aromatic carbocycles. The standard InChI is InChI=1S/C12H9Cl2NO/c13-11-5-1-3-9(12(11)14)7-15-6-2-4-10(15)8-16/h1-6,8H,7H2. The van der Waals surface area contributed by atoms with Gasteiger partial charge in [-0.2, -0.15) is 0 Å². The maximum Gasteiger partial charge on any atom is 0.166 e. The molecule has 0 bridgehead atoms. The summed E-state index contributed by atoms with van der Waals surface area (Å²) in [5, 5.41) is 1.06. The minimum atomic E-state index is 0.527. The molecular formula is C12H9Cl2NO. The van der Waals surface area contributed by atoms with Crippen molar-refractivity contribution in [2.75, 3.05) is 0 Å². The van der Waals surface area contributed by atoms with E-state index in [1.165, 1.54) is 0 Å². The van der Waals surface area contributed by atoms with Crippen LogP contribution in [0.25, 0.3) is 0 Å². The van der Waals surface area contributed by atoms with Gasteiger partial charge in [-0.1, -0.05) is 35.3 Å². The predicted octanol–water partition coefficient (Wildman–Crippen LogP) is 3.66. The van der Waals surface area contributed by atoms with E-state index < -0.39 is 0 Å². The Bertz CT molecular complexity index is 519. The Kier molecular flexibility index (Phi) is 3.32. The lowest BCUT2D eigenvalue weighted by atomic mass is 10.2. The summed E-state index contributed by atoms with van der Waals surface area (Å²) in [6.45, 7) is 0.542. The summed E-state index contributed by atoms with van der Waals surface area (Å²) in [7, 11) is 0. The van der Waals surface area contributed by atoms with Crippen LogP contribution in [-0.2, 0) is 6.54 Å². The van der Waals surface area contributed by atoms with Crippen molar-refractivity contribution in [3.05, 3.63) is 57.8 Å². The van der Waals surface area contributed by atoms with Crippen LogP contribution < -0.4 is 0 Å². The summed E-state index contributed by atoms with van der Waals surface area (Å²) in [6.07, 6.45) is 2.65. The molecule has 2 rings (SSSR count). The first-order valence-corrected chi connectivity index (χ1v) is 5.51. The largest absolute Gasteiger partial charge is 0.341 e. The molecule has 1 heterocycles. The van der Waals surface area contributed by atoms with Crippen molar-refractivity contribution in [3.63, 3.8) is 0 Å². The first-order chi connectivity index (χ1) is 7.72. The third-order valence-electron chi connectivity index (χ3n) is 2.36. The van der Waals surface area contributed by atoms with Crippen LogP contribution in [0.4, 0.5) is 0 Å². The fourth-order valence-corrected chi connectivity index (χ4v) is 1.91. The van der Waals surface area contributed by atoms with Crippen molar-refractivity contribution in [2.24, 2.45) is 0 Å². The molecule has 0 aliphatic carbocycles. The van der Waals surface area contributed by atoms with Crippen LogP contribution in [-0.4, -0.2) is 10.9 Å². The molecule has 0 radical (unpaired) electrons. The zero-order valence-corrected chi connectivity index (χ0v) is 9.87. The molecule has 0 fully saturated rings. The number of nitrogens with zero attached hydrogens (tertiary/aromatic N) is 1. The van der Waals surface area contributed by atoms with Crippen LogP contribution in [0.15, 0.2) is 36.5 Å². The second-order valence-corrected chi connectivity index (χ2v) is 4.18. The van der Waals surface area contributed by atoms with Gasteiger partial charge in [0.25, 0.3) is 0 Å². The van der Waals surface area contributed by atoms with Crippen molar-refractivity contribution in [1.29, 1.82) is 0 Å². The summed E-state index contributed by atoms with van der Waals surface area (Å²) < 4.78 is 1.82. The SMILES string of the molecule is O=Cc1cccn1Cc1cccc(Cl)c1Cl. The molecule has 0 atom stereocenters. The van der Waals surface area contributed by atoms with Crippen molar-refractivity contribution >= 4 is 29.5 Å². The average molecular weight is 254 g/mol. The van der Waals surface area contributed by atoms with Gasteiger partial charge in [0.15, 0.2) is 6.29 Å². The topological polar surface area (TPSA) is 22.0 Å². The lowest BCUT2D eigenvalue weighted by Crippen LogP contribution is -2.02. The monoisotopic (exact) mass is 253 g/mol.